The van der Waals surface area contributed by atoms with Crippen molar-refractivity contribution in [1.29, 1.82) is 0 Å². The first-order chi connectivity index (χ1) is 14.1. The van der Waals surface area contributed by atoms with Crippen molar-refractivity contribution in [3.8, 4) is 5.69 Å². The molecule has 1 N–H and O–H groups in total. The molecule has 0 aliphatic heterocycles. The van der Waals surface area contributed by atoms with Crippen LogP contribution in [0.1, 0.15) is 21.7 Å². The van der Waals surface area contributed by atoms with Crippen LogP contribution >= 0.6 is 0 Å². The number of rotatable bonds is 6. The lowest BCUT2D eigenvalue weighted by atomic mass is 10.2. The fourth-order valence-corrected chi connectivity index (χ4v) is 2.93. The third kappa shape index (κ3) is 4.21. The number of imidazole rings is 1. The number of carbonyl (C=O) groups excluding carboxylic acids is 1. The summed E-state index contributed by atoms with van der Waals surface area (Å²) >= 11 is 0. The molecule has 1 amide bonds. The highest BCUT2D eigenvalue weighted by atomic mass is 19.1. The maximum atomic E-state index is 13.9. The zero-order chi connectivity index (χ0) is 20.2. The molecule has 0 fully saturated rings. The molecule has 146 valence electrons. The lowest BCUT2D eigenvalue weighted by Gasteiger charge is -2.09. The molecule has 4 rings (SSSR count). The summed E-state index contributed by atoms with van der Waals surface area (Å²) in [6.45, 7) is 0.878. The number of nitrogens with one attached hydrogen (secondary N) is 1. The Morgan fingerprint density at radius 1 is 1.10 bits per heavy atom. The maximum Gasteiger partial charge on any atom is 0.254 e. The minimum absolute atomic E-state index is 0.0591. The summed E-state index contributed by atoms with van der Waals surface area (Å²) in [4.78, 5) is 16.7. The third-order valence-electron chi connectivity index (χ3n) is 4.41. The van der Waals surface area contributed by atoms with E-state index in [1.54, 1.807) is 6.20 Å². The van der Waals surface area contributed by atoms with Crippen LogP contribution in [0.4, 0.5) is 8.78 Å². The topological polar surface area (TPSA) is 64.7 Å². The van der Waals surface area contributed by atoms with Gasteiger partial charge in [0.15, 0.2) is 5.82 Å². The van der Waals surface area contributed by atoms with Crippen molar-refractivity contribution in [2.24, 2.45) is 0 Å². The zero-order valence-electron chi connectivity index (χ0n) is 15.3. The number of carbonyl (C=O) groups is 1. The van der Waals surface area contributed by atoms with Gasteiger partial charge in [0.2, 0.25) is 0 Å². The minimum atomic E-state index is -0.761. The van der Waals surface area contributed by atoms with Crippen LogP contribution in [0.5, 0.6) is 0 Å². The maximum absolute atomic E-state index is 13.9. The molecule has 2 aromatic carbocycles. The molecule has 4 aromatic rings. The molecule has 8 heteroatoms. The summed E-state index contributed by atoms with van der Waals surface area (Å²) in [6.07, 6.45) is 6.25. The van der Waals surface area contributed by atoms with Crippen LogP contribution in [0, 0.1) is 11.6 Å². The van der Waals surface area contributed by atoms with Crippen molar-refractivity contribution >= 4 is 5.91 Å². The summed E-state index contributed by atoms with van der Waals surface area (Å²) in [5.41, 5.74) is 1.44. The number of benzene rings is 2. The highest BCUT2D eigenvalue weighted by molar-refractivity contribution is 5.93. The van der Waals surface area contributed by atoms with Gasteiger partial charge < -0.3 is 9.88 Å². The van der Waals surface area contributed by atoms with E-state index in [0.29, 0.717) is 12.4 Å². The van der Waals surface area contributed by atoms with E-state index in [1.165, 1.54) is 23.1 Å². The average molecular weight is 393 g/mol. The van der Waals surface area contributed by atoms with E-state index in [0.717, 1.165) is 17.7 Å². The molecule has 29 heavy (non-hydrogen) atoms. The van der Waals surface area contributed by atoms with Gasteiger partial charge >= 0.3 is 0 Å². The molecular weight excluding hydrogens is 376 g/mol. The molecule has 0 saturated carbocycles. The lowest BCUT2D eigenvalue weighted by molar-refractivity contribution is 0.0949. The van der Waals surface area contributed by atoms with Crippen molar-refractivity contribution < 1.29 is 13.6 Å². The average Bonchev–Trinajstić information content (AvgIpc) is 3.37. The number of nitrogens with zero attached hydrogens (tertiary/aromatic N) is 4. The molecule has 0 saturated heterocycles. The Kier molecular flexibility index (Phi) is 5.15. The van der Waals surface area contributed by atoms with Gasteiger partial charge in [-0.1, -0.05) is 30.3 Å². The molecule has 0 aliphatic carbocycles. The second-order valence-electron chi connectivity index (χ2n) is 6.41. The van der Waals surface area contributed by atoms with Crippen molar-refractivity contribution in [2.75, 3.05) is 0 Å². The van der Waals surface area contributed by atoms with Crippen LogP contribution in [0.2, 0.25) is 0 Å². The number of amides is 1. The van der Waals surface area contributed by atoms with Crippen molar-refractivity contribution in [2.45, 2.75) is 13.1 Å². The quantitative estimate of drug-likeness (QED) is 0.547. The second-order valence-corrected chi connectivity index (χ2v) is 6.41. The smallest absolute Gasteiger partial charge is 0.254 e. The van der Waals surface area contributed by atoms with Gasteiger partial charge in [-0.2, -0.15) is 5.10 Å². The van der Waals surface area contributed by atoms with Gasteiger partial charge in [-0.15, -0.1) is 0 Å². The van der Waals surface area contributed by atoms with Crippen LogP contribution in [0.15, 0.2) is 73.3 Å². The van der Waals surface area contributed by atoms with Gasteiger partial charge in [-0.3, -0.25) is 4.79 Å². The molecule has 2 aromatic heterocycles. The van der Waals surface area contributed by atoms with E-state index in [1.807, 2.05) is 41.1 Å². The minimum Gasteiger partial charge on any atom is -0.345 e. The normalized spacial score (nSPS) is 10.8. The largest absolute Gasteiger partial charge is 0.345 e. The summed E-state index contributed by atoms with van der Waals surface area (Å²) in [5, 5.41) is 6.78. The first-order valence-electron chi connectivity index (χ1n) is 8.92. The van der Waals surface area contributed by atoms with E-state index >= 15 is 0 Å². The first-order valence-corrected chi connectivity index (χ1v) is 8.92. The fourth-order valence-electron chi connectivity index (χ4n) is 2.93. The van der Waals surface area contributed by atoms with Crippen molar-refractivity contribution in [1.82, 2.24) is 24.6 Å². The molecule has 6 nitrogen and oxygen atoms in total. The van der Waals surface area contributed by atoms with Gasteiger partial charge in [0.25, 0.3) is 5.91 Å². The number of aromatic nitrogens is 4. The summed E-state index contributed by atoms with van der Waals surface area (Å²) in [6, 6.07) is 13.1. The molecule has 0 bridgehead atoms. The van der Waals surface area contributed by atoms with Crippen molar-refractivity contribution in [3.05, 3.63) is 102 Å². The Hall–Kier alpha value is -3.81. The van der Waals surface area contributed by atoms with E-state index in [4.69, 9.17) is 0 Å². The number of halogens is 2. The van der Waals surface area contributed by atoms with Gasteiger partial charge in [0.1, 0.15) is 17.3 Å². The fraction of sp³-hybridized carbons (Fsp3) is 0.0952. The molecular formula is C21H17F2N5O. The highest BCUT2D eigenvalue weighted by Gasteiger charge is 2.13. The Morgan fingerprint density at radius 2 is 1.93 bits per heavy atom. The standard InChI is InChI=1S/C21H17F2N5O/c22-17-6-7-19(18(23)10-17)28-14-16(11-26-28)21(29)25-12-20-24-8-9-27(20)13-15-4-2-1-3-5-15/h1-11,14H,12-13H2,(H,25,29). The van der Waals surface area contributed by atoms with E-state index in [-0.39, 0.29) is 23.7 Å². The molecule has 0 aliphatic rings. The van der Waals surface area contributed by atoms with Crippen LogP contribution in [0.25, 0.3) is 5.69 Å². The SMILES string of the molecule is O=C(NCc1nccn1Cc1ccccc1)c1cnn(-c2ccc(F)cc2F)c1. The number of hydrogen-bond acceptors (Lipinski definition) is 3. The summed E-state index contributed by atoms with van der Waals surface area (Å²) in [5.74, 6) is -1.10. The molecule has 0 atom stereocenters. The lowest BCUT2D eigenvalue weighted by Crippen LogP contribution is -2.24. The van der Waals surface area contributed by atoms with Crippen LogP contribution < -0.4 is 5.32 Å². The third-order valence-corrected chi connectivity index (χ3v) is 4.41. The Labute approximate surface area is 165 Å². The molecule has 2 heterocycles. The highest BCUT2D eigenvalue weighted by Crippen LogP contribution is 2.15. The van der Waals surface area contributed by atoms with E-state index in [9.17, 15) is 13.6 Å². The van der Waals surface area contributed by atoms with Gasteiger partial charge in [-0.25, -0.2) is 18.4 Å². The predicted octanol–water partition coefficient (Wildman–Crippen LogP) is 3.33. The number of hydrogen-bond donors (Lipinski definition) is 1. The van der Waals surface area contributed by atoms with E-state index in [2.05, 4.69) is 15.4 Å². The van der Waals surface area contributed by atoms with Crippen molar-refractivity contribution in [3.63, 3.8) is 0 Å². The van der Waals surface area contributed by atoms with Gasteiger partial charge in [0, 0.05) is 31.2 Å². The molecule has 0 radical (unpaired) electrons. The van der Waals surface area contributed by atoms with Crippen LogP contribution in [-0.4, -0.2) is 25.2 Å². The van der Waals surface area contributed by atoms with Crippen LogP contribution in [0.3, 0.4) is 0 Å². The Balaban J connectivity index is 1.42. The first kappa shape index (κ1) is 18.5. The summed E-state index contributed by atoms with van der Waals surface area (Å²) < 4.78 is 30.1. The molecule has 0 unspecified atom stereocenters. The van der Waals surface area contributed by atoms with E-state index < -0.39 is 11.6 Å². The van der Waals surface area contributed by atoms with Crippen LogP contribution in [-0.2, 0) is 13.1 Å². The Bertz CT molecular complexity index is 1140. The van der Waals surface area contributed by atoms with Gasteiger partial charge in [0.05, 0.1) is 18.3 Å². The molecule has 0 spiro atoms. The summed E-state index contributed by atoms with van der Waals surface area (Å²) in [7, 11) is 0. The predicted molar refractivity (Wildman–Crippen MR) is 102 cm³/mol. The Morgan fingerprint density at radius 3 is 2.72 bits per heavy atom. The zero-order valence-corrected chi connectivity index (χ0v) is 15.3. The second kappa shape index (κ2) is 8.05. The van der Waals surface area contributed by atoms with Gasteiger partial charge in [-0.05, 0) is 17.7 Å². The monoisotopic (exact) mass is 393 g/mol.